The summed E-state index contributed by atoms with van der Waals surface area (Å²) >= 11 is 5.23. The highest BCUT2D eigenvalue weighted by Crippen LogP contribution is 2.33. The first-order valence-electron chi connectivity index (χ1n) is 6.06. The molecule has 0 unspecified atom stereocenters. The van der Waals surface area contributed by atoms with Crippen LogP contribution in [0.2, 0.25) is 0 Å². The monoisotopic (exact) mass is 322 g/mol. The molecule has 0 amide bonds. The molecule has 18 heavy (non-hydrogen) atoms. The van der Waals surface area contributed by atoms with Gasteiger partial charge in [0.2, 0.25) is 0 Å². The maximum absolute atomic E-state index is 4.60. The van der Waals surface area contributed by atoms with Crippen molar-refractivity contribution in [1.82, 2.24) is 10.3 Å². The standard InChI is InChI=1S/C14H15BrN2S/c1-10-17-13(7-18-10)6-14(8-16-9-14)11-2-4-12(15)5-3-11/h2-5,7,16H,6,8-9H2,1H3. The molecule has 4 heteroatoms. The Bertz CT molecular complexity index is 543. The summed E-state index contributed by atoms with van der Waals surface area (Å²) < 4.78 is 1.14. The fourth-order valence-electron chi connectivity index (χ4n) is 2.50. The number of hydrogen-bond donors (Lipinski definition) is 1. The van der Waals surface area contributed by atoms with Crippen LogP contribution >= 0.6 is 27.3 Å². The van der Waals surface area contributed by atoms with E-state index in [9.17, 15) is 0 Å². The number of aromatic nitrogens is 1. The molecule has 2 nitrogen and oxygen atoms in total. The van der Waals surface area contributed by atoms with E-state index in [-0.39, 0.29) is 5.41 Å². The van der Waals surface area contributed by atoms with E-state index in [1.54, 1.807) is 11.3 Å². The Hall–Kier alpha value is -0.710. The fraction of sp³-hybridized carbons (Fsp3) is 0.357. The summed E-state index contributed by atoms with van der Waals surface area (Å²) in [4.78, 5) is 4.60. The number of thiazole rings is 1. The lowest BCUT2D eigenvalue weighted by atomic mass is 9.72. The third-order valence-electron chi connectivity index (χ3n) is 3.57. The van der Waals surface area contributed by atoms with Crippen LogP contribution in [0.15, 0.2) is 34.1 Å². The molecule has 3 rings (SSSR count). The molecule has 1 saturated heterocycles. The third-order valence-corrected chi connectivity index (χ3v) is 4.92. The van der Waals surface area contributed by atoms with Gasteiger partial charge in [-0.15, -0.1) is 11.3 Å². The van der Waals surface area contributed by atoms with E-state index in [0.717, 1.165) is 29.0 Å². The van der Waals surface area contributed by atoms with Crippen LogP contribution in [0.4, 0.5) is 0 Å². The molecule has 94 valence electrons. The van der Waals surface area contributed by atoms with Gasteiger partial charge in [0.1, 0.15) is 0 Å². The molecule has 2 heterocycles. The van der Waals surface area contributed by atoms with Crippen molar-refractivity contribution in [3.8, 4) is 0 Å². The molecule has 2 aromatic rings. The molecule has 1 N–H and O–H groups in total. The highest BCUT2D eigenvalue weighted by Gasteiger charge is 2.39. The van der Waals surface area contributed by atoms with Crippen LogP contribution < -0.4 is 5.32 Å². The minimum atomic E-state index is 0.237. The second-order valence-electron chi connectivity index (χ2n) is 4.93. The normalized spacial score (nSPS) is 17.4. The van der Waals surface area contributed by atoms with E-state index in [1.807, 2.05) is 0 Å². The summed E-state index contributed by atoms with van der Waals surface area (Å²) in [5.41, 5.74) is 2.87. The van der Waals surface area contributed by atoms with Gasteiger partial charge < -0.3 is 5.32 Å². The first-order chi connectivity index (χ1) is 8.68. The van der Waals surface area contributed by atoms with Crippen LogP contribution in [0.5, 0.6) is 0 Å². The van der Waals surface area contributed by atoms with Gasteiger partial charge in [-0.25, -0.2) is 4.98 Å². The zero-order valence-electron chi connectivity index (χ0n) is 10.2. The maximum Gasteiger partial charge on any atom is 0.0897 e. The number of nitrogens with one attached hydrogen (secondary N) is 1. The van der Waals surface area contributed by atoms with Crippen LogP contribution in [-0.4, -0.2) is 18.1 Å². The highest BCUT2D eigenvalue weighted by atomic mass is 79.9. The van der Waals surface area contributed by atoms with Crippen molar-refractivity contribution < 1.29 is 0 Å². The maximum atomic E-state index is 4.60. The van der Waals surface area contributed by atoms with E-state index in [1.165, 1.54) is 11.3 Å². The third kappa shape index (κ3) is 2.25. The molecule has 1 aliphatic rings. The number of hydrogen-bond acceptors (Lipinski definition) is 3. The lowest BCUT2D eigenvalue weighted by Crippen LogP contribution is -2.58. The van der Waals surface area contributed by atoms with Gasteiger partial charge in [0.25, 0.3) is 0 Å². The van der Waals surface area contributed by atoms with Gasteiger partial charge in [-0.3, -0.25) is 0 Å². The predicted molar refractivity (Wildman–Crippen MR) is 79.2 cm³/mol. The Morgan fingerprint density at radius 3 is 2.56 bits per heavy atom. The molecular formula is C14H15BrN2S. The number of benzene rings is 1. The average molecular weight is 323 g/mol. The average Bonchev–Trinajstić information content (AvgIpc) is 2.71. The first kappa shape index (κ1) is 12.3. The van der Waals surface area contributed by atoms with Crippen molar-refractivity contribution >= 4 is 27.3 Å². The molecule has 0 aliphatic carbocycles. The van der Waals surface area contributed by atoms with Crippen molar-refractivity contribution in [3.05, 3.63) is 50.4 Å². The lowest BCUT2D eigenvalue weighted by Gasteiger charge is -2.43. The second kappa shape index (κ2) is 4.76. The number of rotatable bonds is 3. The quantitative estimate of drug-likeness (QED) is 0.937. The molecule has 0 spiro atoms. The van der Waals surface area contributed by atoms with Gasteiger partial charge in [0, 0.05) is 34.8 Å². The minimum Gasteiger partial charge on any atom is -0.315 e. The Labute approximate surface area is 120 Å². The van der Waals surface area contributed by atoms with Gasteiger partial charge in [0.05, 0.1) is 10.7 Å². The van der Waals surface area contributed by atoms with Crippen LogP contribution in [0.25, 0.3) is 0 Å². The molecular weight excluding hydrogens is 308 g/mol. The Kier molecular flexibility index (Phi) is 3.26. The van der Waals surface area contributed by atoms with E-state index >= 15 is 0 Å². The summed E-state index contributed by atoms with van der Waals surface area (Å²) in [5, 5.41) is 6.75. The molecule has 0 bridgehead atoms. The number of nitrogens with zero attached hydrogens (tertiary/aromatic N) is 1. The number of halogens is 1. The summed E-state index contributed by atoms with van der Waals surface area (Å²) in [6, 6.07) is 8.71. The van der Waals surface area contributed by atoms with Crippen molar-refractivity contribution in [2.75, 3.05) is 13.1 Å². The van der Waals surface area contributed by atoms with Crippen molar-refractivity contribution in [3.63, 3.8) is 0 Å². The minimum absolute atomic E-state index is 0.237. The Morgan fingerprint density at radius 1 is 1.33 bits per heavy atom. The van der Waals surface area contributed by atoms with Crippen LogP contribution in [0.1, 0.15) is 16.3 Å². The SMILES string of the molecule is Cc1nc(CC2(c3ccc(Br)cc3)CNC2)cs1. The highest BCUT2D eigenvalue weighted by molar-refractivity contribution is 9.10. The van der Waals surface area contributed by atoms with Gasteiger partial charge in [-0.2, -0.15) is 0 Å². The molecule has 1 fully saturated rings. The fourth-order valence-corrected chi connectivity index (χ4v) is 3.37. The molecule has 0 saturated carbocycles. The van der Waals surface area contributed by atoms with Gasteiger partial charge in [-0.1, -0.05) is 28.1 Å². The van der Waals surface area contributed by atoms with E-state index in [0.29, 0.717) is 0 Å². The molecule has 1 aromatic carbocycles. The largest absolute Gasteiger partial charge is 0.315 e. The summed E-state index contributed by atoms with van der Waals surface area (Å²) in [5.74, 6) is 0. The molecule has 1 aliphatic heterocycles. The van der Waals surface area contributed by atoms with Gasteiger partial charge >= 0.3 is 0 Å². The molecule has 0 radical (unpaired) electrons. The summed E-state index contributed by atoms with van der Waals surface area (Å²) in [7, 11) is 0. The van der Waals surface area contributed by atoms with Crippen LogP contribution in [0.3, 0.4) is 0 Å². The van der Waals surface area contributed by atoms with Crippen molar-refractivity contribution in [2.24, 2.45) is 0 Å². The molecule has 0 atom stereocenters. The van der Waals surface area contributed by atoms with E-state index < -0.39 is 0 Å². The topological polar surface area (TPSA) is 24.9 Å². The summed E-state index contributed by atoms with van der Waals surface area (Å²) in [6.45, 7) is 4.16. The van der Waals surface area contributed by atoms with E-state index in [4.69, 9.17) is 0 Å². The molecule has 1 aromatic heterocycles. The zero-order valence-corrected chi connectivity index (χ0v) is 12.6. The Morgan fingerprint density at radius 2 is 2.06 bits per heavy atom. The van der Waals surface area contributed by atoms with E-state index in [2.05, 4.69) is 62.8 Å². The predicted octanol–water partition coefficient (Wildman–Crippen LogP) is 3.30. The Balaban J connectivity index is 1.88. The second-order valence-corrected chi connectivity index (χ2v) is 6.90. The first-order valence-corrected chi connectivity index (χ1v) is 7.73. The zero-order chi connectivity index (χ0) is 12.6. The number of aryl methyl sites for hydroxylation is 1. The van der Waals surface area contributed by atoms with Crippen LogP contribution in [-0.2, 0) is 11.8 Å². The van der Waals surface area contributed by atoms with Crippen molar-refractivity contribution in [2.45, 2.75) is 18.8 Å². The van der Waals surface area contributed by atoms with Crippen molar-refractivity contribution in [1.29, 1.82) is 0 Å². The summed E-state index contributed by atoms with van der Waals surface area (Å²) in [6.07, 6.45) is 1.03. The lowest BCUT2D eigenvalue weighted by molar-refractivity contribution is 0.273. The van der Waals surface area contributed by atoms with Crippen LogP contribution in [0, 0.1) is 6.92 Å². The van der Waals surface area contributed by atoms with Gasteiger partial charge in [-0.05, 0) is 24.6 Å². The smallest absolute Gasteiger partial charge is 0.0897 e. The van der Waals surface area contributed by atoms with Gasteiger partial charge in [0.15, 0.2) is 0 Å².